The first kappa shape index (κ1) is 13.4. The van der Waals surface area contributed by atoms with Gasteiger partial charge in [-0.3, -0.25) is 0 Å². The molecule has 0 aromatic heterocycles. The van der Waals surface area contributed by atoms with Crippen LogP contribution in [-0.4, -0.2) is 5.75 Å². The molecule has 0 saturated carbocycles. The van der Waals surface area contributed by atoms with Crippen molar-refractivity contribution in [2.24, 2.45) is 5.41 Å². The summed E-state index contributed by atoms with van der Waals surface area (Å²) in [6.45, 7) is 6.89. The third kappa shape index (κ3) is 8.67. The van der Waals surface area contributed by atoms with Crippen molar-refractivity contribution in [2.75, 3.05) is 5.75 Å². The Hall–Kier alpha value is 0.350. The summed E-state index contributed by atoms with van der Waals surface area (Å²) in [6, 6.07) is 0. The van der Waals surface area contributed by atoms with Crippen LogP contribution in [0, 0.1) is 5.41 Å². The molecule has 0 rings (SSSR count). The molecule has 1 heteroatoms. The molecule has 0 saturated heterocycles. The zero-order valence-corrected chi connectivity index (χ0v) is 10.5. The molecule has 0 aromatic carbocycles. The van der Waals surface area contributed by atoms with Gasteiger partial charge in [-0.2, -0.15) is 12.6 Å². The standard InChI is InChI=1S/C12H26S/c1-4-5-6-7-8-9-10-12(2,3)11-13/h13H,4-11H2,1-3H3. The van der Waals surface area contributed by atoms with E-state index in [2.05, 4.69) is 33.4 Å². The molecule has 0 N–H and O–H groups in total. The van der Waals surface area contributed by atoms with Gasteiger partial charge in [-0.1, -0.05) is 59.3 Å². The van der Waals surface area contributed by atoms with Crippen LogP contribution in [0.15, 0.2) is 0 Å². The Kier molecular flexibility index (Phi) is 7.93. The highest BCUT2D eigenvalue weighted by molar-refractivity contribution is 7.80. The highest BCUT2D eigenvalue weighted by atomic mass is 32.1. The summed E-state index contributed by atoms with van der Waals surface area (Å²) in [6.07, 6.45) is 9.75. The van der Waals surface area contributed by atoms with Crippen molar-refractivity contribution in [3.8, 4) is 0 Å². The molecule has 0 nitrogen and oxygen atoms in total. The van der Waals surface area contributed by atoms with Crippen LogP contribution in [0.2, 0.25) is 0 Å². The Bertz CT molecular complexity index is 108. The first-order valence-corrected chi connectivity index (χ1v) is 6.36. The Morgan fingerprint density at radius 3 is 2.00 bits per heavy atom. The molecule has 80 valence electrons. The topological polar surface area (TPSA) is 0 Å². The molecule has 0 amide bonds. The average molecular weight is 202 g/mol. The fourth-order valence-electron chi connectivity index (χ4n) is 1.46. The lowest BCUT2D eigenvalue weighted by atomic mass is 9.89. The van der Waals surface area contributed by atoms with Crippen molar-refractivity contribution in [1.29, 1.82) is 0 Å². The highest BCUT2D eigenvalue weighted by Crippen LogP contribution is 2.25. The summed E-state index contributed by atoms with van der Waals surface area (Å²) in [7, 11) is 0. The van der Waals surface area contributed by atoms with Gasteiger partial charge >= 0.3 is 0 Å². The molecular weight excluding hydrogens is 176 g/mol. The summed E-state index contributed by atoms with van der Waals surface area (Å²) in [5.41, 5.74) is 0.452. The number of thiol groups is 1. The molecule has 0 unspecified atom stereocenters. The van der Waals surface area contributed by atoms with E-state index in [1.165, 1.54) is 44.9 Å². The second kappa shape index (κ2) is 7.73. The Balaban J connectivity index is 3.16. The van der Waals surface area contributed by atoms with Gasteiger partial charge in [0.25, 0.3) is 0 Å². The maximum atomic E-state index is 4.36. The van der Waals surface area contributed by atoms with Crippen LogP contribution in [0.25, 0.3) is 0 Å². The summed E-state index contributed by atoms with van der Waals surface area (Å²) in [5, 5.41) is 0. The minimum Gasteiger partial charge on any atom is -0.179 e. The minimum atomic E-state index is 0.452. The average Bonchev–Trinajstić information content (AvgIpc) is 2.11. The number of hydrogen-bond acceptors (Lipinski definition) is 1. The molecule has 0 spiro atoms. The van der Waals surface area contributed by atoms with E-state index in [-0.39, 0.29) is 0 Å². The molecule has 0 aliphatic carbocycles. The molecule has 13 heavy (non-hydrogen) atoms. The number of rotatable bonds is 8. The predicted molar refractivity (Wildman–Crippen MR) is 65.6 cm³/mol. The summed E-state index contributed by atoms with van der Waals surface area (Å²) >= 11 is 4.36. The van der Waals surface area contributed by atoms with Crippen LogP contribution in [0.1, 0.15) is 65.7 Å². The van der Waals surface area contributed by atoms with Gasteiger partial charge in [-0.05, 0) is 17.6 Å². The molecule has 0 aliphatic rings. The van der Waals surface area contributed by atoms with Crippen LogP contribution in [0.3, 0.4) is 0 Å². The summed E-state index contributed by atoms with van der Waals surface area (Å²) in [4.78, 5) is 0. The Morgan fingerprint density at radius 1 is 0.923 bits per heavy atom. The van der Waals surface area contributed by atoms with E-state index in [9.17, 15) is 0 Å². The van der Waals surface area contributed by atoms with Gasteiger partial charge in [0.2, 0.25) is 0 Å². The molecular formula is C12H26S. The van der Waals surface area contributed by atoms with Crippen LogP contribution >= 0.6 is 12.6 Å². The van der Waals surface area contributed by atoms with E-state index in [0.717, 1.165) is 5.75 Å². The van der Waals surface area contributed by atoms with Crippen molar-refractivity contribution < 1.29 is 0 Å². The van der Waals surface area contributed by atoms with Crippen molar-refractivity contribution in [3.05, 3.63) is 0 Å². The van der Waals surface area contributed by atoms with E-state index < -0.39 is 0 Å². The molecule has 0 radical (unpaired) electrons. The van der Waals surface area contributed by atoms with E-state index in [0.29, 0.717) is 5.41 Å². The molecule has 0 heterocycles. The molecule has 0 bridgehead atoms. The number of hydrogen-bond donors (Lipinski definition) is 1. The zero-order valence-electron chi connectivity index (χ0n) is 9.60. The SMILES string of the molecule is CCCCCCCCC(C)(C)CS. The van der Waals surface area contributed by atoms with E-state index in [4.69, 9.17) is 0 Å². The number of unbranched alkanes of at least 4 members (excludes halogenated alkanes) is 5. The largest absolute Gasteiger partial charge is 0.179 e. The molecule has 0 aromatic rings. The van der Waals surface area contributed by atoms with Gasteiger partial charge in [-0.25, -0.2) is 0 Å². The smallest absolute Gasteiger partial charge is 0.00464 e. The Morgan fingerprint density at radius 2 is 1.46 bits per heavy atom. The third-order valence-corrected chi connectivity index (χ3v) is 3.49. The molecule has 0 fully saturated rings. The van der Waals surface area contributed by atoms with Crippen molar-refractivity contribution in [1.82, 2.24) is 0 Å². The fraction of sp³-hybridized carbons (Fsp3) is 1.00. The summed E-state index contributed by atoms with van der Waals surface area (Å²) < 4.78 is 0. The normalized spacial score (nSPS) is 12.0. The lowest BCUT2D eigenvalue weighted by molar-refractivity contribution is 0.365. The second-order valence-electron chi connectivity index (χ2n) is 4.84. The van der Waals surface area contributed by atoms with Crippen molar-refractivity contribution in [2.45, 2.75) is 65.7 Å². The fourth-order valence-corrected chi connectivity index (χ4v) is 1.62. The maximum Gasteiger partial charge on any atom is -0.00464 e. The maximum absolute atomic E-state index is 4.36. The van der Waals surface area contributed by atoms with Gasteiger partial charge < -0.3 is 0 Å². The van der Waals surface area contributed by atoms with Crippen LogP contribution in [-0.2, 0) is 0 Å². The van der Waals surface area contributed by atoms with Gasteiger partial charge in [-0.15, -0.1) is 0 Å². The second-order valence-corrected chi connectivity index (χ2v) is 5.16. The lowest BCUT2D eigenvalue weighted by Gasteiger charge is -2.21. The van der Waals surface area contributed by atoms with E-state index >= 15 is 0 Å². The molecule has 0 aliphatic heterocycles. The molecule has 0 atom stereocenters. The van der Waals surface area contributed by atoms with Gasteiger partial charge in [0, 0.05) is 0 Å². The minimum absolute atomic E-state index is 0.452. The van der Waals surface area contributed by atoms with Crippen LogP contribution in [0.5, 0.6) is 0 Å². The van der Waals surface area contributed by atoms with Gasteiger partial charge in [0.05, 0.1) is 0 Å². The van der Waals surface area contributed by atoms with Crippen molar-refractivity contribution >= 4 is 12.6 Å². The van der Waals surface area contributed by atoms with Crippen molar-refractivity contribution in [3.63, 3.8) is 0 Å². The van der Waals surface area contributed by atoms with Gasteiger partial charge in [0.1, 0.15) is 0 Å². The quantitative estimate of drug-likeness (QED) is 0.428. The third-order valence-electron chi connectivity index (χ3n) is 2.64. The first-order chi connectivity index (χ1) is 6.12. The monoisotopic (exact) mass is 202 g/mol. The zero-order chi connectivity index (χ0) is 10.2. The lowest BCUT2D eigenvalue weighted by Crippen LogP contribution is -2.12. The predicted octanol–water partition coefficient (Wildman–Crippen LogP) is 4.69. The van der Waals surface area contributed by atoms with Gasteiger partial charge in [0.15, 0.2) is 0 Å². The Labute approximate surface area is 89.9 Å². The first-order valence-electron chi connectivity index (χ1n) is 5.73. The summed E-state index contributed by atoms with van der Waals surface area (Å²) in [5.74, 6) is 1.02. The van der Waals surface area contributed by atoms with Crippen LogP contribution in [0.4, 0.5) is 0 Å². The van der Waals surface area contributed by atoms with E-state index in [1.54, 1.807) is 0 Å². The van der Waals surface area contributed by atoms with Crippen LogP contribution < -0.4 is 0 Å². The highest BCUT2D eigenvalue weighted by Gasteiger charge is 2.14. The van der Waals surface area contributed by atoms with E-state index in [1.807, 2.05) is 0 Å².